The van der Waals surface area contributed by atoms with Crippen LogP contribution in [0.25, 0.3) is 0 Å². The zero-order chi connectivity index (χ0) is 13.1. The quantitative estimate of drug-likeness (QED) is 0.891. The summed E-state index contributed by atoms with van der Waals surface area (Å²) in [5.74, 6) is -0.429. The summed E-state index contributed by atoms with van der Waals surface area (Å²) in [6.07, 6.45) is 3.60. The highest BCUT2D eigenvalue weighted by Gasteiger charge is 2.25. The third-order valence-electron chi connectivity index (χ3n) is 2.91. The van der Waals surface area contributed by atoms with E-state index in [1.54, 1.807) is 6.07 Å². The van der Waals surface area contributed by atoms with Crippen LogP contribution in [0.3, 0.4) is 0 Å². The van der Waals surface area contributed by atoms with E-state index in [1.165, 1.54) is 12.3 Å². The maximum absolute atomic E-state index is 10.7. The largest absolute Gasteiger partial charge is 0.489 e. The lowest BCUT2D eigenvalue weighted by molar-refractivity contribution is -0.0722. The van der Waals surface area contributed by atoms with Gasteiger partial charge in [-0.2, -0.15) is 0 Å². The fourth-order valence-corrected chi connectivity index (χ4v) is 2.21. The van der Waals surface area contributed by atoms with Crippen LogP contribution in [0.2, 0.25) is 0 Å². The van der Waals surface area contributed by atoms with Crippen LogP contribution in [0.4, 0.5) is 0 Å². The second-order valence-electron chi connectivity index (χ2n) is 4.65. The molecule has 18 heavy (non-hydrogen) atoms. The molecular weight excluding hydrogens is 234 g/mol. The Morgan fingerprint density at radius 3 is 2.56 bits per heavy atom. The summed E-state index contributed by atoms with van der Waals surface area (Å²) in [4.78, 5) is 14.5. The van der Waals surface area contributed by atoms with Crippen LogP contribution in [-0.2, 0) is 4.74 Å². The lowest BCUT2D eigenvalue weighted by Gasteiger charge is -2.32. The maximum atomic E-state index is 10.7. The van der Waals surface area contributed by atoms with Gasteiger partial charge in [0, 0.05) is 12.8 Å². The molecule has 1 aromatic rings. The van der Waals surface area contributed by atoms with Crippen molar-refractivity contribution in [2.75, 3.05) is 0 Å². The van der Waals surface area contributed by atoms with Crippen LogP contribution < -0.4 is 4.74 Å². The number of rotatable bonds is 3. The number of aromatic nitrogens is 1. The first-order valence-electron chi connectivity index (χ1n) is 6.06. The molecule has 2 unspecified atom stereocenters. The van der Waals surface area contributed by atoms with Crippen LogP contribution in [0.1, 0.15) is 37.2 Å². The molecule has 0 spiro atoms. The van der Waals surface area contributed by atoms with Gasteiger partial charge >= 0.3 is 5.97 Å². The van der Waals surface area contributed by atoms with Gasteiger partial charge in [0.25, 0.3) is 0 Å². The van der Waals surface area contributed by atoms with Crippen molar-refractivity contribution in [3.05, 3.63) is 24.0 Å². The molecule has 5 heteroatoms. The van der Waals surface area contributed by atoms with Gasteiger partial charge in [0.2, 0.25) is 0 Å². The predicted molar refractivity (Wildman–Crippen MR) is 64.9 cm³/mol. The highest BCUT2D eigenvalue weighted by Crippen LogP contribution is 2.23. The molecule has 5 nitrogen and oxygen atoms in total. The van der Waals surface area contributed by atoms with E-state index >= 15 is 0 Å². The molecule has 1 fully saturated rings. The lowest BCUT2D eigenvalue weighted by atomic mass is 10.0. The number of nitrogens with zero attached hydrogens (tertiary/aromatic N) is 1. The summed E-state index contributed by atoms with van der Waals surface area (Å²) >= 11 is 0. The first-order chi connectivity index (χ1) is 8.54. The third-order valence-corrected chi connectivity index (χ3v) is 2.91. The van der Waals surface area contributed by atoms with Crippen molar-refractivity contribution in [1.82, 2.24) is 4.98 Å². The number of hydrogen-bond donors (Lipinski definition) is 1. The Hall–Kier alpha value is -1.62. The lowest BCUT2D eigenvalue weighted by Crippen LogP contribution is -2.35. The SMILES string of the molecule is CC1CC(Oc2ccc(C(=O)O)nc2)CC(C)O1. The number of ether oxygens (including phenoxy) is 2. The Bertz CT molecular complexity index is 408. The first-order valence-corrected chi connectivity index (χ1v) is 6.06. The van der Waals surface area contributed by atoms with Gasteiger partial charge in [0.1, 0.15) is 17.5 Å². The summed E-state index contributed by atoms with van der Waals surface area (Å²) in [6.45, 7) is 4.05. The molecule has 1 aliphatic rings. The molecule has 0 aliphatic carbocycles. The highest BCUT2D eigenvalue weighted by molar-refractivity contribution is 5.85. The van der Waals surface area contributed by atoms with E-state index in [0.29, 0.717) is 5.75 Å². The van der Waals surface area contributed by atoms with Gasteiger partial charge in [-0.1, -0.05) is 0 Å². The minimum atomic E-state index is -1.03. The molecule has 1 aromatic heterocycles. The van der Waals surface area contributed by atoms with Crippen LogP contribution >= 0.6 is 0 Å². The highest BCUT2D eigenvalue weighted by atomic mass is 16.5. The summed E-state index contributed by atoms with van der Waals surface area (Å²) in [7, 11) is 0. The van der Waals surface area contributed by atoms with E-state index in [-0.39, 0.29) is 24.0 Å². The molecule has 0 aromatic carbocycles. The van der Waals surface area contributed by atoms with Crippen LogP contribution in [-0.4, -0.2) is 34.4 Å². The smallest absolute Gasteiger partial charge is 0.354 e. The standard InChI is InChI=1S/C13H17NO4/c1-8-5-11(6-9(2)17-8)18-10-3-4-12(13(15)16)14-7-10/h3-4,7-9,11H,5-6H2,1-2H3,(H,15,16). The second kappa shape index (κ2) is 5.35. The topological polar surface area (TPSA) is 68.7 Å². The van der Waals surface area contributed by atoms with Crippen molar-refractivity contribution in [1.29, 1.82) is 0 Å². The van der Waals surface area contributed by atoms with E-state index in [2.05, 4.69) is 4.98 Å². The van der Waals surface area contributed by atoms with Gasteiger partial charge in [-0.3, -0.25) is 0 Å². The van der Waals surface area contributed by atoms with E-state index in [4.69, 9.17) is 14.6 Å². The number of carboxylic acids is 1. The van der Waals surface area contributed by atoms with E-state index < -0.39 is 5.97 Å². The van der Waals surface area contributed by atoms with Gasteiger partial charge in [-0.05, 0) is 26.0 Å². The van der Waals surface area contributed by atoms with Crippen molar-refractivity contribution in [3.8, 4) is 5.75 Å². The molecule has 2 rings (SSSR count). The van der Waals surface area contributed by atoms with Crippen LogP contribution in [0.15, 0.2) is 18.3 Å². The molecule has 98 valence electrons. The van der Waals surface area contributed by atoms with Gasteiger partial charge in [-0.15, -0.1) is 0 Å². The second-order valence-corrected chi connectivity index (χ2v) is 4.65. The molecule has 1 aliphatic heterocycles. The number of carbonyl (C=O) groups is 1. The molecule has 2 heterocycles. The van der Waals surface area contributed by atoms with Gasteiger partial charge < -0.3 is 14.6 Å². The first kappa shape index (κ1) is 12.8. The van der Waals surface area contributed by atoms with Crippen molar-refractivity contribution in [2.24, 2.45) is 0 Å². The third kappa shape index (κ3) is 3.20. The zero-order valence-corrected chi connectivity index (χ0v) is 10.5. The maximum Gasteiger partial charge on any atom is 0.354 e. The summed E-state index contributed by atoms with van der Waals surface area (Å²) in [6, 6.07) is 3.09. The van der Waals surface area contributed by atoms with E-state index in [0.717, 1.165) is 12.8 Å². The Labute approximate surface area is 106 Å². The van der Waals surface area contributed by atoms with E-state index in [1.807, 2.05) is 13.8 Å². The van der Waals surface area contributed by atoms with Crippen LogP contribution in [0.5, 0.6) is 5.75 Å². The zero-order valence-electron chi connectivity index (χ0n) is 10.5. The van der Waals surface area contributed by atoms with Crippen molar-refractivity contribution in [2.45, 2.75) is 45.0 Å². The number of aromatic carboxylic acids is 1. The molecule has 0 radical (unpaired) electrons. The Morgan fingerprint density at radius 1 is 1.39 bits per heavy atom. The molecule has 1 N–H and O–H groups in total. The molecule has 0 amide bonds. The average Bonchev–Trinajstić information content (AvgIpc) is 2.28. The normalized spacial score (nSPS) is 27.8. The number of carboxylic acid groups (broad SMARTS) is 1. The molecule has 0 bridgehead atoms. The molecule has 2 atom stereocenters. The predicted octanol–water partition coefficient (Wildman–Crippen LogP) is 2.11. The van der Waals surface area contributed by atoms with Crippen molar-refractivity contribution >= 4 is 5.97 Å². The van der Waals surface area contributed by atoms with Gasteiger partial charge in [0.05, 0.1) is 18.4 Å². The van der Waals surface area contributed by atoms with Gasteiger partial charge in [-0.25, -0.2) is 9.78 Å². The summed E-state index contributed by atoms with van der Waals surface area (Å²) in [5, 5.41) is 8.75. The summed E-state index contributed by atoms with van der Waals surface area (Å²) in [5.41, 5.74) is 0.0241. The van der Waals surface area contributed by atoms with Crippen LogP contribution in [0, 0.1) is 0 Å². The van der Waals surface area contributed by atoms with Crippen molar-refractivity contribution in [3.63, 3.8) is 0 Å². The number of hydrogen-bond acceptors (Lipinski definition) is 4. The average molecular weight is 251 g/mol. The summed E-state index contributed by atoms with van der Waals surface area (Å²) < 4.78 is 11.4. The minimum absolute atomic E-state index is 0.0241. The monoisotopic (exact) mass is 251 g/mol. The minimum Gasteiger partial charge on any atom is -0.489 e. The fourth-order valence-electron chi connectivity index (χ4n) is 2.21. The Balaban J connectivity index is 1.98. The van der Waals surface area contributed by atoms with E-state index in [9.17, 15) is 4.79 Å². The van der Waals surface area contributed by atoms with Gasteiger partial charge in [0.15, 0.2) is 0 Å². The Kier molecular flexibility index (Phi) is 3.81. The molecular formula is C13H17NO4. The number of pyridine rings is 1. The van der Waals surface area contributed by atoms with Crippen molar-refractivity contribution < 1.29 is 19.4 Å². The molecule has 1 saturated heterocycles. The molecule has 0 saturated carbocycles. The fraction of sp³-hybridized carbons (Fsp3) is 0.538. The Morgan fingerprint density at radius 2 is 2.06 bits per heavy atom.